The van der Waals surface area contributed by atoms with Gasteiger partial charge >= 0.3 is 0 Å². The van der Waals surface area contributed by atoms with Crippen LogP contribution in [0.5, 0.6) is 0 Å². The van der Waals surface area contributed by atoms with Gasteiger partial charge in [-0.1, -0.05) is 0 Å². The number of rotatable bonds is 3. The van der Waals surface area contributed by atoms with Crippen molar-refractivity contribution in [2.75, 3.05) is 5.73 Å². The Morgan fingerprint density at radius 1 is 1.50 bits per heavy atom. The van der Waals surface area contributed by atoms with Gasteiger partial charge in [0.05, 0.1) is 10.2 Å². The average molecular weight is 311 g/mol. The monoisotopic (exact) mass is 310 g/mol. The third kappa shape index (κ3) is 2.33. The highest BCUT2D eigenvalue weighted by Crippen LogP contribution is 2.17. The van der Waals surface area contributed by atoms with Crippen LogP contribution in [0.1, 0.15) is 11.3 Å². The highest BCUT2D eigenvalue weighted by Gasteiger charge is 2.08. The van der Waals surface area contributed by atoms with E-state index in [9.17, 15) is 4.79 Å². The van der Waals surface area contributed by atoms with Gasteiger partial charge in [0.2, 0.25) is 0 Å². The lowest BCUT2D eigenvalue weighted by atomic mass is 10.2. The summed E-state index contributed by atoms with van der Waals surface area (Å²) in [7, 11) is 1.89. The molecule has 0 aromatic carbocycles. The molecule has 2 aromatic rings. The summed E-state index contributed by atoms with van der Waals surface area (Å²) >= 11 is 3.28. The van der Waals surface area contributed by atoms with Gasteiger partial charge in [0.15, 0.2) is 0 Å². The second kappa shape index (κ2) is 4.97. The van der Waals surface area contributed by atoms with E-state index in [1.165, 1.54) is 0 Å². The minimum Gasteiger partial charge on any atom is -0.397 e. The van der Waals surface area contributed by atoms with Gasteiger partial charge in [-0.25, -0.2) is 0 Å². The van der Waals surface area contributed by atoms with Gasteiger partial charge in [0.1, 0.15) is 0 Å². The minimum atomic E-state index is -0.0520. The van der Waals surface area contributed by atoms with Crippen LogP contribution in [0.3, 0.4) is 0 Å². The molecule has 2 rings (SSSR count). The standard InChI is InChI=1S/C12H15BrN4O/c1-8-10(14)7-17(12(18)11(8)13)6-4-9-3-5-15-16(9)2/h3,5,7H,4,6,14H2,1-2H3. The van der Waals surface area contributed by atoms with Gasteiger partial charge in [-0.05, 0) is 34.5 Å². The molecule has 0 fully saturated rings. The number of nitrogen functional groups attached to an aromatic ring is 1. The zero-order chi connectivity index (χ0) is 13.3. The molecule has 0 amide bonds. The number of aromatic nitrogens is 3. The molecule has 0 saturated carbocycles. The van der Waals surface area contributed by atoms with Crippen molar-refractivity contribution in [1.29, 1.82) is 0 Å². The van der Waals surface area contributed by atoms with Crippen molar-refractivity contribution in [1.82, 2.24) is 14.3 Å². The molecule has 0 aliphatic rings. The summed E-state index contributed by atoms with van der Waals surface area (Å²) in [5.41, 5.74) is 8.30. The minimum absolute atomic E-state index is 0.0520. The van der Waals surface area contributed by atoms with Gasteiger partial charge in [0, 0.05) is 38.1 Å². The number of pyridine rings is 1. The predicted octanol–water partition coefficient (Wildman–Crippen LogP) is 1.48. The van der Waals surface area contributed by atoms with Crippen molar-refractivity contribution in [3.63, 3.8) is 0 Å². The van der Waals surface area contributed by atoms with E-state index < -0.39 is 0 Å². The Hall–Kier alpha value is -1.56. The summed E-state index contributed by atoms with van der Waals surface area (Å²) in [5.74, 6) is 0. The zero-order valence-electron chi connectivity index (χ0n) is 10.4. The molecule has 18 heavy (non-hydrogen) atoms. The molecule has 2 N–H and O–H groups in total. The van der Waals surface area contributed by atoms with Crippen molar-refractivity contribution in [2.45, 2.75) is 19.9 Å². The summed E-state index contributed by atoms with van der Waals surface area (Å²) in [6, 6.07) is 1.94. The number of aryl methyl sites for hydroxylation is 3. The Kier molecular flexibility index (Phi) is 3.56. The van der Waals surface area contributed by atoms with Crippen molar-refractivity contribution >= 4 is 21.6 Å². The van der Waals surface area contributed by atoms with Crippen LogP contribution in [0.4, 0.5) is 5.69 Å². The van der Waals surface area contributed by atoms with Crippen molar-refractivity contribution < 1.29 is 0 Å². The topological polar surface area (TPSA) is 65.8 Å². The van der Waals surface area contributed by atoms with Crippen LogP contribution < -0.4 is 11.3 Å². The Balaban J connectivity index is 2.26. The van der Waals surface area contributed by atoms with E-state index in [1.54, 1.807) is 21.6 Å². The van der Waals surface area contributed by atoms with Crippen molar-refractivity contribution in [3.05, 3.63) is 44.5 Å². The average Bonchev–Trinajstić information content (AvgIpc) is 2.75. The first-order chi connectivity index (χ1) is 8.50. The number of halogens is 1. The van der Waals surface area contributed by atoms with Crippen LogP contribution in [0.15, 0.2) is 27.7 Å². The van der Waals surface area contributed by atoms with Crippen LogP contribution in [-0.4, -0.2) is 14.3 Å². The molecule has 0 atom stereocenters. The normalized spacial score (nSPS) is 10.8. The lowest BCUT2D eigenvalue weighted by molar-refractivity contribution is 0.621. The summed E-state index contributed by atoms with van der Waals surface area (Å²) < 4.78 is 3.96. The number of anilines is 1. The van der Waals surface area contributed by atoms with Crippen molar-refractivity contribution in [3.8, 4) is 0 Å². The van der Waals surface area contributed by atoms with E-state index >= 15 is 0 Å². The van der Waals surface area contributed by atoms with E-state index in [2.05, 4.69) is 21.0 Å². The van der Waals surface area contributed by atoms with E-state index in [0.29, 0.717) is 16.7 Å². The third-order valence-electron chi connectivity index (χ3n) is 3.04. The summed E-state index contributed by atoms with van der Waals surface area (Å²) in [6.07, 6.45) is 4.18. The van der Waals surface area contributed by atoms with Crippen LogP contribution in [0.2, 0.25) is 0 Å². The molecular weight excluding hydrogens is 296 g/mol. The summed E-state index contributed by atoms with van der Waals surface area (Å²) in [6.45, 7) is 2.41. The van der Waals surface area contributed by atoms with Gasteiger partial charge in [-0.3, -0.25) is 9.48 Å². The van der Waals surface area contributed by atoms with Gasteiger partial charge in [0.25, 0.3) is 5.56 Å². The lowest BCUT2D eigenvalue weighted by Crippen LogP contribution is -2.23. The second-order valence-corrected chi connectivity index (χ2v) is 5.01. The fraction of sp³-hybridized carbons (Fsp3) is 0.333. The Morgan fingerprint density at radius 2 is 2.22 bits per heavy atom. The fourth-order valence-electron chi connectivity index (χ4n) is 1.78. The van der Waals surface area contributed by atoms with Crippen LogP contribution in [0.25, 0.3) is 0 Å². The predicted molar refractivity (Wildman–Crippen MR) is 74.5 cm³/mol. The molecule has 0 spiro atoms. The number of hydrogen-bond donors (Lipinski definition) is 1. The Labute approximate surface area is 113 Å². The first-order valence-corrected chi connectivity index (χ1v) is 6.42. The third-order valence-corrected chi connectivity index (χ3v) is 3.97. The maximum absolute atomic E-state index is 12.0. The fourth-order valence-corrected chi connectivity index (χ4v) is 2.24. The first kappa shape index (κ1) is 12.9. The Bertz CT molecular complexity index is 629. The van der Waals surface area contributed by atoms with Crippen molar-refractivity contribution in [2.24, 2.45) is 7.05 Å². The number of nitrogens with two attached hydrogens (primary N) is 1. The molecule has 5 nitrogen and oxygen atoms in total. The molecule has 6 heteroatoms. The number of nitrogens with zero attached hydrogens (tertiary/aromatic N) is 3. The van der Waals surface area contributed by atoms with E-state index in [1.807, 2.05) is 20.0 Å². The smallest absolute Gasteiger partial charge is 0.265 e. The SMILES string of the molecule is Cc1c(N)cn(CCc2ccnn2C)c(=O)c1Br. The molecule has 0 unspecified atom stereocenters. The van der Waals surface area contributed by atoms with Gasteiger partial charge < -0.3 is 10.3 Å². The molecule has 2 heterocycles. The van der Waals surface area contributed by atoms with E-state index in [0.717, 1.165) is 17.7 Å². The summed E-state index contributed by atoms with van der Waals surface area (Å²) in [5, 5.41) is 4.10. The largest absolute Gasteiger partial charge is 0.397 e. The molecule has 0 radical (unpaired) electrons. The zero-order valence-corrected chi connectivity index (χ0v) is 11.9. The molecule has 0 saturated heterocycles. The maximum atomic E-state index is 12.0. The van der Waals surface area contributed by atoms with E-state index in [4.69, 9.17) is 5.73 Å². The lowest BCUT2D eigenvalue weighted by Gasteiger charge is -2.10. The van der Waals surface area contributed by atoms with Gasteiger partial charge in [-0.15, -0.1) is 0 Å². The summed E-state index contributed by atoms with van der Waals surface area (Å²) in [4.78, 5) is 12.0. The maximum Gasteiger partial charge on any atom is 0.265 e. The first-order valence-electron chi connectivity index (χ1n) is 5.62. The van der Waals surface area contributed by atoms with E-state index in [-0.39, 0.29) is 5.56 Å². The second-order valence-electron chi connectivity index (χ2n) is 4.22. The van der Waals surface area contributed by atoms with Crippen LogP contribution >= 0.6 is 15.9 Å². The highest BCUT2D eigenvalue weighted by atomic mass is 79.9. The molecule has 96 valence electrons. The highest BCUT2D eigenvalue weighted by molar-refractivity contribution is 9.10. The van der Waals surface area contributed by atoms with Crippen LogP contribution in [-0.2, 0) is 20.0 Å². The van der Waals surface area contributed by atoms with Gasteiger partial charge in [-0.2, -0.15) is 5.10 Å². The molecule has 0 bridgehead atoms. The van der Waals surface area contributed by atoms with Crippen LogP contribution in [0, 0.1) is 6.92 Å². The number of hydrogen-bond acceptors (Lipinski definition) is 3. The Morgan fingerprint density at radius 3 is 2.83 bits per heavy atom. The molecular formula is C12H15BrN4O. The molecule has 2 aromatic heterocycles. The molecule has 0 aliphatic heterocycles. The quantitative estimate of drug-likeness (QED) is 0.933. The molecule has 0 aliphatic carbocycles.